The van der Waals surface area contributed by atoms with E-state index < -0.39 is 5.60 Å². The summed E-state index contributed by atoms with van der Waals surface area (Å²) in [5, 5.41) is 15.6. The molecule has 4 aromatic heterocycles. The molecule has 0 bridgehead atoms. The van der Waals surface area contributed by atoms with Crippen LogP contribution >= 0.6 is 11.3 Å². The highest BCUT2D eigenvalue weighted by molar-refractivity contribution is 7.21. The van der Waals surface area contributed by atoms with E-state index >= 15 is 0 Å². The van der Waals surface area contributed by atoms with Gasteiger partial charge in [-0.3, -0.25) is 4.90 Å². The smallest absolute Gasteiger partial charge is 0.187 e. The van der Waals surface area contributed by atoms with Gasteiger partial charge in [-0.2, -0.15) is 5.10 Å². The number of hydrogen-bond donors (Lipinski definition) is 2. The predicted octanol–water partition coefficient (Wildman–Crippen LogP) is 3.97. The van der Waals surface area contributed by atoms with E-state index in [1.165, 1.54) is 11.1 Å². The SMILES string of the molecule is Cc1c(-c2[nH]c3sc(N4CC5(CN(CC(C)(C)O)C5)C4)nc3c2C(C)C)cn2ncnc2c1C. The Bertz CT molecular complexity index is 1390. The van der Waals surface area contributed by atoms with Gasteiger partial charge in [0, 0.05) is 55.5 Å². The number of pyridine rings is 1. The lowest BCUT2D eigenvalue weighted by molar-refractivity contribution is -0.0664. The van der Waals surface area contributed by atoms with E-state index in [1.54, 1.807) is 17.7 Å². The van der Waals surface area contributed by atoms with E-state index in [9.17, 15) is 5.11 Å². The number of rotatable bonds is 5. The van der Waals surface area contributed by atoms with Gasteiger partial charge in [0.15, 0.2) is 10.8 Å². The lowest BCUT2D eigenvalue weighted by Gasteiger charge is -2.61. The fourth-order valence-corrected chi connectivity index (χ4v) is 6.88. The Morgan fingerprint density at radius 3 is 2.59 bits per heavy atom. The number of thiazole rings is 1. The number of nitrogens with zero attached hydrogens (tertiary/aromatic N) is 6. The average molecular weight is 480 g/mol. The monoisotopic (exact) mass is 479 g/mol. The number of fused-ring (bicyclic) bond motifs is 2. The number of aryl methyl sites for hydroxylation is 1. The summed E-state index contributed by atoms with van der Waals surface area (Å²) in [6.45, 7) is 17.5. The predicted molar refractivity (Wildman–Crippen MR) is 137 cm³/mol. The molecule has 4 aromatic rings. The third-order valence-corrected chi connectivity index (χ3v) is 8.44. The number of likely N-dealkylation sites (tertiary alicyclic amines) is 1. The summed E-state index contributed by atoms with van der Waals surface area (Å²) < 4.78 is 1.87. The molecule has 0 radical (unpaired) electrons. The molecular weight excluding hydrogens is 446 g/mol. The second-order valence-electron chi connectivity index (χ2n) is 11.4. The van der Waals surface area contributed by atoms with Gasteiger partial charge in [0.25, 0.3) is 0 Å². The maximum Gasteiger partial charge on any atom is 0.187 e. The van der Waals surface area contributed by atoms with Crippen molar-refractivity contribution in [2.75, 3.05) is 37.6 Å². The minimum Gasteiger partial charge on any atom is -0.389 e. The lowest BCUT2D eigenvalue weighted by Crippen LogP contribution is -2.73. The van der Waals surface area contributed by atoms with Crippen molar-refractivity contribution in [2.45, 2.75) is 53.1 Å². The normalized spacial score (nSPS) is 18.4. The zero-order chi connectivity index (χ0) is 24.0. The van der Waals surface area contributed by atoms with Gasteiger partial charge in [0.2, 0.25) is 0 Å². The van der Waals surface area contributed by atoms with Crippen molar-refractivity contribution in [2.24, 2.45) is 5.41 Å². The van der Waals surface area contributed by atoms with Crippen molar-refractivity contribution in [3.63, 3.8) is 0 Å². The highest BCUT2D eigenvalue weighted by atomic mass is 32.1. The Labute approximate surface area is 203 Å². The molecule has 2 N–H and O–H groups in total. The van der Waals surface area contributed by atoms with E-state index in [1.807, 2.05) is 18.4 Å². The van der Waals surface area contributed by atoms with Crippen LogP contribution in [-0.4, -0.2) is 72.9 Å². The summed E-state index contributed by atoms with van der Waals surface area (Å²) in [5.41, 5.74) is 7.71. The van der Waals surface area contributed by atoms with Crippen LogP contribution in [0.15, 0.2) is 12.5 Å². The second kappa shape index (κ2) is 7.26. The maximum atomic E-state index is 10.1. The van der Waals surface area contributed by atoms with Crippen LogP contribution in [-0.2, 0) is 0 Å². The first-order valence-corrected chi connectivity index (χ1v) is 12.9. The molecule has 8 nitrogen and oxygen atoms in total. The molecule has 2 saturated heterocycles. The van der Waals surface area contributed by atoms with Crippen LogP contribution in [0, 0.1) is 19.3 Å². The number of aromatic nitrogens is 5. The molecule has 6 rings (SSSR count). The Kier molecular flexibility index (Phi) is 4.70. The van der Waals surface area contributed by atoms with Gasteiger partial charge in [0.05, 0.1) is 11.3 Å². The highest BCUT2D eigenvalue weighted by Crippen LogP contribution is 2.46. The third kappa shape index (κ3) is 3.36. The molecule has 2 fully saturated rings. The Hall–Kier alpha value is -2.49. The number of β-amino-alcohol motifs (C(OH)–C–C–N with tert-alkyl or cyclic N) is 1. The van der Waals surface area contributed by atoms with Crippen LogP contribution in [0.1, 0.15) is 50.3 Å². The number of aliphatic hydroxyl groups is 1. The Morgan fingerprint density at radius 1 is 1.18 bits per heavy atom. The Balaban J connectivity index is 1.28. The summed E-state index contributed by atoms with van der Waals surface area (Å²) >= 11 is 1.76. The van der Waals surface area contributed by atoms with E-state index in [0.717, 1.165) is 70.7 Å². The minimum atomic E-state index is -0.626. The van der Waals surface area contributed by atoms with E-state index in [-0.39, 0.29) is 0 Å². The highest BCUT2D eigenvalue weighted by Gasteiger charge is 2.52. The van der Waals surface area contributed by atoms with Crippen LogP contribution < -0.4 is 4.90 Å². The minimum absolute atomic E-state index is 0.342. The van der Waals surface area contributed by atoms with Crippen molar-refractivity contribution in [1.82, 2.24) is 29.5 Å². The van der Waals surface area contributed by atoms with Crippen molar-refractivity contribution in [1.29, 1.82) is 0 Å². The van der Waals surface area contributed by atoms with Crippen molar-refractivity contribution in [3.8, 4) is 11.3 Å². The van der Waals surface area contributed by atoms with E-state index in [4.69, 9.17) is 4.98 Å². The van der Waals surface area contributed by atoms with Crippen molar-refractivity contribution >= 4 is 32.5 Å². The molecule has 0 atom stereocenters. The molecule has 34 heavy (non-hydrogen) atoms. The molecule has 0 aliphatic carbocycles. The topological polar surface area (TPSA) is 85.6 Å². The average Bonchev–Trinajstić information content (AvgIpc) is 3.37. The summed E-state index contributed by atoms with van der Waals surface area (Å²) in [6, 6.07) is 0. The van der Waals surface area contributed by atoms with Crippen LogP contribution in [0.4, 0.5) is 5.13 Å². The zero-order valence-corrected chi connectivity index (χ0v) is 21.6. The fraction of sp³-hybridized carbons (Fsp3) is 0.560. The summed E-state index contributed by atoms with van der Waals surface area (Å²) in [4.78, 5) is 19.2. The summed E-state index contributed by atoms with van der Waals surface area (Å²) in [5.74, 6) is 0.342. The Morgan fingerprint density at radius 2 is 1.91 bits per heavy atom. The molecule has 180 valence electrons. The summed E-state index contributed by atoms with van der Waals surface area (Å²) in [7, 11) is 0. The lowest BCUT2D eigenvalue weighted by atomic mass is 9.72. The van der Waals surface area contributed by atoms with Gasteiger partial charge in [-0.05, 0) is 44.7 Å². The van der Waals surface area contributed by atoms with Gasteiger partial charge in [-0.25, -0.2) is 14.5 Å². The molecule has 0 amide bonds. The molecule has 2 aliphatic heterocycles. The van der Waals surface area contributed by atoms with Crippen LogP contribution in [0.25, 0.3) is 27.3 Å². The number of anilines is 1. The number of hydrogen-bond acceptors (Lipinski definition) is 7. The molecule has 0 unspecified atom stereocenters. The molecule has 6 heterocycles. The van der Waals surface area contributed by atoms with Crippen LogP contribution in [0.5, 0.6) is 0 Å². The maximum absolute atomic E-state index is 10.1. The molecular formula is C25H33N7OS. The van der Waals surface area contributed by atoms with Crippen LogP contribution in [0.2, 0.25) is 0 Å². The first-order chi connectivity index (χ1) is 16.0. The van der Waals surface area contributed by atoms with Crippen molar-refractivity contribution < 1.29 is 5.11 Å². The van der Waals surface area contributed by atoms with Gasteiger partial charge in [-0.1, -0.05) is 25.2 Å². The molecule has 2 aliphatic rings. The van der Waals surface area contributed by atoms with Gasteiger partial charge < -0.3 is 15.0 Å². The van der Waals surface area contributed by atoms with Crippen molar-refractivity contribution in [3.05, 3.63) is 29.2 Å². The van der Waals surface area contributed by atoms with E-state index in [2.05, 4.69) is 58.8 Å². The van der Waals surface area contributed by atoms with Gasteiger partial charge in [-0.15, -0.1) is 0 Å². The van der Waals surface area contributed by atoms with E-state index in [0.29, 0.717) is 11.3 Å². The molecule has 1 spiro atoms. The number of nitrogens with one attached hydrogen (secondary N) is 1. The molecule has 9 heteroatoms. The number of H-pyrrole nitrogens is 1. The second-order valence-corrected chi connectivity index (χ2v) is 12.4. The zero-order valence-electron chi connectivity index (χ0n) is 20.8. The third-order valence-electron chi connectivity index (χ3n) is 7.40. The summed E-state index contributed by atoms with van der Waals surface area (Å²) in [6.07, 6.45) is 3.70. The van der Waals surface area contributed by atoms with Crippen LogP contribution in [0.3, 0.4) is 0 Å². The first kappa shape index (κ1) is 22.0. The fourth-order valence-electron chi connectivity index (χ4n) is 5.90. The first-order valence-electron chi connectivity index (χ1n) is 12.1. The largest absolute Gasteiger partial charge is 0.389 e. The standard InChI is InChI=1S/C25H33N7OS/c1-14(2)18-19(17-7-32-21(26-13-27-32)16(4)15(17)3)28-22-20(18)29-23(34-22)31-11-25(12-31)9-30(10-25)8-24(5,6)33/h7,13-14,28,33H,8-12H2,1-6H3. The number of aromatic amines is 1. The quantitative estimate of drug-likeness (QED) is 0.451. The van der Waals surface area contributed by atoms with Gasteiger partial charge >= 0.3 is 0 Å². The molecule has 0 aromatic carbocycles. The van der Waals surface area contributed by atoms with Gasteiger partial charge in [0.1, 0.15) is 16.7 Å². The molecule has 0 saturated carbocycles.